The summed E-state index contributed by atoms with van der Waals surface area (Å²) in [5, 5.41) is 24.6. The summed E-state index contributed by atoms with van der Waals surface area (Å²) in [6.45, 7) is 4.38. The fourth-order valence-electron chi connectivity index (χ4n) is 4.77. The third-order valence-corrected chi connectivity index (χ3v) is 9.03. The van der Waals surface area contributed by atoms with Crippen molar-refractivity contribution in [1.29, 1.82) is 0 Å². The molecule has 6 nitrogen and oxygen atoms in total. The minimum absolute atomic E-state index is 0.242. The van der Waals surface area contributed by atoms with Gasteiger partial charge in [-0.3, -0.25) is 10.4 Å². The van der Waals surface area contributed by atoms with Crippen LogP contribution in [0.15, 0.2) is 132 Å². The van der Waals surface area contributed by atoms with Crippen LogP contribution in [0.2, 0.25) is 0 Å². The van der Waals surface area contributed by atoms with Crippen molar-refractivity contribution in [2.24, 2.45) is 0 Å². The van der Waals surface area contributed by atoms with E-state index in [1.807, 2.05) is 108 Å². The Bertz CT molecular complexity index is 1750. The van der Waals surface area contributed by atoms with Crippen LogP contribution in [0.1, 0.15) is 34.7 Å². The maximum absolute atomic E-state index is 10.3. The summed E-state index contributed by atoms with van der Waals surface area (Å²) in [6, 6.07) is 38.6. The van der Waals surface area contributed by atoms with Crippen molar-refractivity contribution in [3.05, 3.63) is 153 Å². The molecule has 224 valence electrons. The van der Waals surface area contributed by atoms with Gasteiger partial charge < -0.3 is 9.47 Å². The molecule has 0 spiro atoms. The highest BCUT2D eigenvalue weighted by atomic mass is 32.1. The maximum atomic E-state index is 10.3. The topological polar surface area (TPSA) is 64.9 Å². The van der Waals surface area contributed by atoms with Gasteiger partial charge in [-0.2, -0.15) is 0 Å². The minimum atomic E-state index is -0.242. The van der Waals surface area contributed by atoms with Gasteiger partial charge in [-0.25, -0.2) is 0 Å². The van der Waals surface area contributed by atoms with Crippen molar-refractivity contribution in [3.8, 4) is 23.0 Å². The summed E-state index contributed by atoms with van der Waals surface area (Å²) in [5.74, 6) is 2.84. The van der Waals surface area contributed by atoms with Crippen LogP contribution in [0, 0.1) is 0 Å². The standard InChI is InChI=1S/C37H32N2O4S2/c1-37(2,27-7-15-31(16-8-27)42-33-19-11-29(12-20-33)38(40)25-35-5-3-23-44-35)28-9-17-32(18-10-28)43-34-21-13-30(14-22-34)39(41)26-36-6-4-24-45-36/h3-26,40-41H,1-2H3/q+2/b38-25+,39-26+. The molecule has 0 fully saturated rings. The van der Waals surface area contributed by atoms with Crippen LogP contribution in [0.4, 0.5) is 11.4 Å². The Morgan fingerprint density at radius 3 is 1.16 bits per heavy atom. The Morgan fingerprint density at radius 1 is 0.511 bits per heavy atom. The van der Waals surface area contributed by atoms with Crippen molar-refractivity contribution >= 4 is 46.5 Å². The summed E-state index contributed by atoms with van der Waals surface area (Å²) >= 11 is 3.12. The molecule has 0 radical (unpaired) electrons. The number of hydrogen-bond acceptors (Lipinski definition) is 6. The Labute approximate surface area is 270 Å². The molecule has 4 aromatic carbocycles. The number of ether oxygens (including phenoxy) is 2. The van der Waals surface area contributed by atoms with E-state index in [9.17, 15) is 10.4 Å². The van der Waals surface area contributed by atoms with E-state index in [1.54, 1.807) is 35.1 Å². The Kier molecular flexibility index (Phi) is 8.77. The minimum Gasteiger partial charge on any atom is -0.457 e. The van der Waals surface area contributed by atoms with E-state index >= 15 is 0 Å². The van der Waals surface area contributed by atoms with Gasteiger partial charge in [0.25, 0.3) is 11.4 Å². The quantitative estimate of drug-likeness (QED) is 0.0683. The number of nitrogens with zero attached hydrogens (tertiary/aromatic N) is 2. The summed E-state index contributed by atoms with van der Waals surface area (Å²) in [4.78, 5) is 1.93. The number of benzene rings is 4. The van der Waals surface area contributed by atoms with E-state index in [4.69, 9.17) is 9.47 Å². The van der Waals surface area contributed by atoms with Crippen molar-refractivity contribution in [2.75, 3.05) is 0 Å². The highest BCUT2D eigenvalue weighted by molar-refractivity contribution is 7.11. The molecule has 8 heteroatoms. The van der Waals surface area contributed by atoms with Gasteiger partial charge in [0.1, 0.15) is 23.0 Å². The first-order valence-electron chi connectivity index (χ1n) is 14.3. The molecule has 0 atom stereocenters. The lowest BCUT2D eigenvalue weighted by atomic mass is 9.78. The van der Waals surface area contributed by atoms with Gasteiger partial charge in [-0.05, 0) is 82.6 Å². The molecule has 2 N–H and O–H groups in total. The Hall–Kier alpha value is -5.18. The highest BCUT2D eigenvalue weighted by Gasteiger charge is 2.23. The predicted molar refractivity (Wildman–Crippen MR) is 180 cm³/mol. The van der Waals surface area contributed by atoms with E-state index in [1.165, 1.54) is 0 Å². The van der Waals surface area contributed by atoms with Gasteiger partial charge in [-0.15, -0.1) is 22.7 Å². The van der Waals surface area contributed by atoms with E-state index in [0.29, 0.717) is 22.9 Å². The third kappa shape index (κ3) is 7.32. The zero-order chi connectivity index (χ0) is 31.2. The first-order chi connectivity index (χ1) is 21.8. The van der Waals surface area contributed by atoms with Gasteiger partial charge in [0.05, 0.1) is 9.75 Å². The molecule has 0 saturated carbocycles. The Balaban J connectivity index is 1.07. The van der Waals surface area contributed by atoms with Crippen LogP contribution >= 0.6 is 22.7 Å². The lowest BCUT2D eigenvalue weighted by molar-refractivity contribution is -0.709. The molecule has 0 bridgehead atoms. The molecule has 0 saturated heterocycles. The van der Waals surface area contributed by atoms with Gasteiger partial charge in [-0.1, -0.05) is 50.2 Å². The molecule has 0 unspecified atom stereocenters. The van der Waals surface area contributed by atoms with Crippen LogP contribution in [-0.4, -0.2) is 32.3 Å². The molecule has 0 aliphatic heterocycles. The molecule has 2 aromatic heterocycles. The fourth-order valence-corrected chi connectivity index (χ4v) is 6.04. The first-order valence-corrected chi connectivity index (χ1v) is 16.1. The fraction of sp³-hybridized carbons (Fsp3) is 0.0811. The second kappa shape index (κ2) is 13.2. The third-order valence-electron chi connectivity index (χ3n) is 7.41. The lowest BCUT2D eigenvalue weighted by Gasteiger charge is -2.26. The zero-order valence-corrected chi connectivity index (χ0v) is 26.4. The molecule has 0 aliphatic rings. The smallest absolute Gasteiger partial charge is 0.257 e. The summed E-state index contributed by atoms with van der Waals surface area (Å²) in [5.41, 5.74) is 3.37. The summed E-state index contributed by atoms with van der Waals surface area (Å²) in [7, 11) is 0. The molecular weight excluding hydrogens is 601 g/mol. The van der Waals surface area contributed by atoms with Gasteiger partial charge in [0, 0.05) is 39.2 Å². The molecule has 45 heavy (non-hydrogen) atoms. The van der Waals surface area contributed by atoms with Gasteiger partial charge in [0.15, 0.2) is 0 Å². The van der Waals surface area contributed by atoms with Gasteiger partial charge >= 0.3 is 0 Å². The molecule has 2 heterocycles. The SMILES string of the molecule is CC(C)(c1ccc(Oc2ccc(/[N+](O)=C\c3cccs3)cc2)cc1)c1ccc(Oc2ccc(/[N+](O)=C\c3cccs3)cc2)cc1. The highest BCUT2D eigenvalue weighted by Crippen LogP contribution is 2.35. The average Bonchev–Trinajstić information content (AvgIpc) is 3.77. The Morgan fingerprint density at radius 2 is 0.844 bits per heavy atom. The second-order valence-corrected chi connectivity index (χ2v) is 12.8. The molecular formula is C37H32N2O4S2+2. The van der Waals surface area contributed by atoms with E-state index < -0.39 is 0 Å². The molecule has 0 aliphatic carbocycles. The van der Waals surface area contributed by atoms with E-state index in [0.717, 1.165) is 41.9 Å². The van der Waals surface area contributed by atoms with Crippen LogP contribution < -0.4 is 9.47 Å². The zero-order valence-electron chi connectivity index (χ0n) is 24.8. The number of hydrogen-bond donors (Lipinski definition) is 2. The predicted octanol–water partition coefficient (Wildman–Crippen LogP) is 10.0. The lowest BCUT2D eigenvalue weighted by Crippen LogP contribution is -2.18. The monoisotopic (exact) mass is 632 g/mol. The van der Waals surface area contributed by atoms with Crippen molar-refractivity contribution in [3.63, 3.8) is 0 Å². The number of rotatable bonds is 10. The average molecular weight is 633 g/mol. The normalized spacial score (nSPS) is 12.2. The van der Waals surface area contributed by atoms with Crippen LogP contribution in [0.25, 0.3) is 0 Å². The first kappa shape index (κ1) is 29.9. The van der Waals surface area contributed by atoms with Crippen molar-refractivity contribution in [2.45, 2.75) is 19.3 Å². The molecule has 6 aromatic rings. The van der Waals surface area contributed by atoms with Crippen LogP contribution in [-0.2, 0) is 5.41 Å². The van der Waals surface area contributed by atoms with Crippen LogP contribution in [0.5, 0.6) is 23.0 Å². The van der Waals surface area contributed by atoms with E-state index in [-0.39, 0.29) is 5.41 Å². The number of thiophene rings is 2. The largest absolute Gasteiger partial charge is 0.457 e. The summed E-state index contributed by atoms with van der Waals surface area (Å²) < 4.78 is 14.4. The van der Waals surface area contributed by atoms with Crippen molar-refractivity contribution < 1.29 is 29.4 Å². The van der Waals surface area contributed by atoms with E-state index in [2.05, 4.69) is 38.1 Å². The summed E-state index contributed by atoms with van der Waals surface area (Å²) in [6.07, 6.45) is 3.36. The maximum Gasteiger partial charge on any atom is 0.257 e. The van der Waals surface area contributed by atoms with Crippen molar-refractivity contribution in [1.82, 2.24) is 0 Å². The second-order valence-electron chi connectivity index (χ2n) is 10.8. The molecule has 6 rings (SSSR count). The molecule has 0 amide bonds. The van der Waals surface area contributed by atoms with Gasteiger partial charge in [0.2, 0.25) is 12.4 Å². The van der Waals surface area contributed by atoms with Crippen LogP contribution in [0.3, 0.4) is 0 Å².